The lowest BCUT2D eigenvalue weighted by molar-refractivity contribution is -0.147. The lowest BCUT2D eigenvalue weighted by atomic mass is 9.89. The quantitative estimate of drug-likeness (QED) is 0.0614. The van der Waals surface area contributed by atoms with E-state index < -0.39 is 41.8 Å². The van der Waals surface area contributed by atoms with Crippen LogP contribution in [0.25, 0.3) is 0 Å². The van der Waals surface area contributed by atoms with E-state index in [1.54, 1.807) is 13.8 Å². The van der Waals surface area contributed by atoms with Crippen molar-refractivity contribution in [1.82, 2.24) is 0 Å². The maximum absolute atomic E-state index is 12.3. The van der Waals surface area contributed by atoms with Gasteiger partial charge in [-0.2, -0.15) is 0 Å². The first-order valence-corrected chi connectivity index (χ1v) is 22.4. The van der Waals surface area contributed by atoms with E-state index in [-0.39, 0.29) is 30.1 Å². The molecular weight excluding hydrogens is 565 g/mol. The Morgan fingerprint density at radius 2 is 1.63 bits per heavy atom. The van der Waals surface area contributed by atoms with E-state index in [4.69, 9.17) is 19.1 Å². The zero-order valence-corrected chi connectivity index (χ0v) is 31.2. The highest BCUT2D eigenvalue weighted by atomic mass is 28.4. The van der Waals surface area contributed by atoms with Crippen LogP contribution >= 0.6 is 0 Å². The van der Waals surface area contributed by atoms with Gasteiger partial charge in [0.15, 0.2) is 16.6 Å². The predicted molar refractivity (Wildman–Crippen MR) is 188 cm³/mol. The van der Waals surface area contributed by atoms with Crippen LogP contribution in [0.2, 0.25) is 36.3 Å². The second-order valence-electron chi connectivity index (χ2n) is 13.2. The lowest BCUT2D eigenvalue weighted by Crippen LogP contribution is -2.42. The molecule has 1 unspecified atom stereocenters. The largest absolute Gasteiger partial charge is 0.463 e. The molecule has 2 rings (SSSR count). The number of carbonyl (C=O) groups is 1. The molecule has 2 saturated carbocycles. The van der Waals surface area contributed by atoms with Crippen LogP contribution in [0.15, 0.2) is 23.8 Å². The number of fused-ring (bicyclic) bond motifs is 1. The Kier molecular flexibility index (Phi) is 13.9. The van der Waals surface area contributed by atoms with Gasteiger partial charge in [0.25, 0.3) is 0 Å². The summed E-state index contributed by atoms with van der Waals surface area (Å²) < 4.78 is 53.8. The van der Waals surface area contributed by atoms with Crippen LogP contribution in [0.3, 0.4) is 0 Å². The van der Waals surface area contributed by atoms with Gasteiger partial charge in [-0.15, -0.1) is 11.8 Å². The summed E-state index contributed by atoms with van der Waals surface area (Å²) in [6.45, 7) is 21.2. The van der Waals surface area contributed by atoms with Gasteiger partial charge in [0.05, 0.1) is 18.3 Å². The lowest BCUT2D eigenvalue weighted by Gasteiger charge is -2.36. The van der Waals surface area contributed by atoms with Crippen molar-refractivity contribution in [1.29, 1.82) is 0 Å². The maximum atomic E-state index is 12.3. The van der Waals surface area contributed by atoms with E-state index in [1.165, 1.54) is 6.08 Å². The molecule has 0 aromatic rings. The summed E-state index contributed by atoms with van der Waals surface area (Å²) in [6.07, 6.45) is 3.80. The van der Waals surface area contributed by atoms with Gasteiger partial charge in [0.2, 0.25) is 0 Å². The molecule has 43 heavy (non-hydrogen) atoms. The molecule has 0 saturated heterocycles. The monoisotopic (exact) mass is 634 g/mol. The van der Waals surface area contributed by atoms with Gasteiger partial charge < -0.3 is 13.6 Å². The van der Waals surface area contributed by atoms with E-state index in [9.17, 15) is 4.79 Å². The highest BCUT2D eigenvalue weighted by molar-refractivity contribution is 6.74. The van der Waals surface area contributed by atoms with Gasteiger partial charge in [-0.05, 0) is 107 Å². The van der Waals surface area contributed by atoms with Crippen LogP contribution in [-0.2, 0) is 18.4 Å². The molecule has 6 heteroatoms. The fraction of sp³-hybridized carbons (Fsp3) is 0.811. The van der Waals surface area contributed by atoms with Crippen molar-refractivity contribution in [3.05, 3.63) is 23.8 Å². The summed E-state index contributed by atoms with van der Waals surface area (Å²) in [5, 5.41) is 0. The van der Waals surface area contributed by atoms with Crippen LogP contribution in [0, 0.1) is 35.5 Å². The minimum Gasteiger partial charge on any atom is -0.463 e. The zero-order valence-electron chi connectivity index (χ0n) is 33.2. The molecule has 0 N–H and O–H groups in total. The van der Waals surface area contributed by atoms with Crippen molar-refractivity contribution in [2.24, 2.45) is 23.7 Å². The predicted octanol–water partition coefficient (Wildman–Crippen LogP) is 10.5. The third kappa shape index (κ3) is 11.0. The molecule has 0 amide bonds. The van der Waals surface area contributed by atoms with Crippen LogP contribution in [-0.4, -0.2) is 40.9 Å². The summed E-state index contributed by atoms with van der Waals surface area (Å²) in [7, 11) is -3.75. The molecule has 4 nitrogen and oxygen atoms in total. The van der Waals surface area contributed by atoms with Crippen LogP contribution in [0.1, 0.15) is 120 Å². The number of carbonyl (C=O) groups excluding carboxylic acids is 1. The summed E-state index contributed by atoms with van der Waals surface area (Å²) in [5.41, 5.74) is 0.946. The van der Waals surface area contributed by atoms with Crippen LogP contribution in [0.4, 0.5) is 0 Å². The van der Waals surface area contributed by atoms with Crippen LogP contribution < -0.4 is 0 Å². The SMILES string of the molecule is [2H]C([2H])(/C=C1\C[C@H]2C[C@@H](O[Si](CC)(CC)CC)[C@H](/C=C/[C@@H](O[Si](CC)(CC)CC)C(C)CC#CC)[C@H]2C1)C([2H])([2H])CC(=O)OC(C)C. The Labute approximate surface area is 274 Å². The highest BCUT2D eigenvalue weighted by Gasteiger charge is 2.48. The second kappa shape index (κ2) is 18.7. The molecule has 0 aromatic heterocycles. The van der Waals surface area contributed by atoms with Crippen molar-refractivity contribution in [3.8, 4) is 11.8 Å². The number of allylic oxidation sites excluding steroid dienone is 2. The van der Waals surface area contributed by atoms with Crippen molar-refractivity contribution in [2.75, 3.05) is 0 Å². The summed E-state index contributed by atoms with van der Waals surface area (Å²) in [4.78, 5) is 12.3. The van der Waals surface area contributed by atoms with Gasteiger partial charge in [0.1, 0.15) is 0 Å². The minimum atomic E-state index is -2.38. The Bertz CT molecular complexity index is 1100. The molecule has 2 aliphatic rings. The summed E-state index contributed by atoms with van der Waals surface area (Å²) >= 11 is 0. The number of rotatable bonds is 19. The Morgan fingerprint density at radius 3 is 2.19 bits per heavy atom. The maximum Gasteiger partial charge on any atom is 0.306 e. The van der Waals surface area contributed by atoms with E-state index in [1.807, 2.05) is 6.92 Å². The summed E-state index contributed by atoms with van der Waals surface area (Å²) in [5.74, 6) is 6.73. The first-order valence-electron chi connectivity index (χ1n) is 19.3. The van der Waals surface area contributed by atoms with Crippen molar-refractivity contribution < 1.29 is 23.9 Å². The molecule has 2 aliphatic carbocycles. The first-order chi connectivity index (χ1) is 22.0. The fourth-order valence-electron chi connectivity index (χ4n) is 7.14. The standard InChI is InChI=1S/C37H66O4Si2/c1-11-18-21-30(10)35(40-42(12-2,13-3)14-4)25-24-33-34-27-31(22-19-20-23-37(38)39-29(8)9)26-32(34)28-36(33)41-43(15-5,16-6)17-7/h22,24-25,29-30,32-36H,12-17,19-21,23,26-28H2,1-10H3/b25-24+,31-22+/t30?,32-,33+,34-,35+,36+/m0/s1/i19D2,20D2. The molecule has 0 aliphatic heterocycles. The Hall–Kier alpha value is -1.14. The first kappa shape index (κ1) is 31.8. The third-order valence-electron chi connectivity index (χ3n) is 10.4. The molecule has 246 valence electrons. The molecule has 0 aromatic carbocycles. The molecule has 2 fully saturated rings. The van der Waals surface area contributed by atoms with Crippen LogP contribution in [0.5, 0.6) is 0 Å². The third-order valence-corrected chi connectivity index (χ3v) is 19.7. The fourth-order valence-corrected chi connectivity index (χ4v) is 12.9. The van der Waals surface area contributed by atoms with Gasteiger partial charge in [0, 0.05) is 24.2 Å². The Balaban J connectivity index is 2.47. The van der Waals surface area contributed by atoms with Gasteiger partial charge >= 0.3 is 5.97 Å². The number of hydrogen-bond donors (Lipinski definition) is 0. The van der Waals surface area contributed by atoms with Gasteiger partial charge in [-0.1, -0.05) is 72.3 Å². The molecular formula is C37H66O4Si2. The molecule has 0 bridgehead atoms. The number of hydrogen-bond acceptors (Lipinski definition) is 4. The van der Waals surface area contributed by atoms with Gasteiger partial charge in [-0.3, -0.25) is 4.79 Å². The summed E-state index contributed by atoms with van der Waals surface area (Å²) in [6, 6.07) is 6.56. The van der Waals surface area contributed by atoms with Crippen molar-refractivity contribution in [3.63, 3.8) is 0 Å². The Morgan fingerprint density at radius 1 is 1.00 bits per heavy atom. The van der Waals surface area contributed by atoms with Gasteiger partial charge in [-0.25, -0.2) is 0 Å². The van der Waals surface area contributed by atoms with Crippen molar-refractivity contribution in [2.45, 2.75) is 169 Å². The number of ether oxygens (including phenoxy) is 1. The van der Waals surface area contributed by atoms with E-state index >= 15 is 0 Å². The van der Waals surface area contributed by atoms with E-state index in [2.05, 4.69) is 72.5 Å². The highest BCUT2D eigenvalue weighted by Crippen LogP contribution is 2.52. The van der Waals surface area contributed by atoms with Crippen molar-refractivity contribution >= 4 is 22.6 Å². The minimum absolute atomic E-state index is 0.0176. The average molecular weight is 635 g/mol. The molecule has 0 radical (unpaired) electrons. The average Bonchev–Trinajstić information content (AvgIpc) is 3.54. The molecule has 0 heterocycles. The number of esters is 1. The second-order valence-corrected chi connectivity index (χ2v) is 22.6. The normalized spacial score (nSPS) is 26.8. The molecule has 0 spiro atoms. The topological polar surface area (TPSA) is 44.8 Å². The van der Waals surface area contributed by atoms with E-state index in [0.29, 0.717) is 18.3 Å². The smallest absolute Gasteiger partial charge is 0.306 e. The van der Waals surface area contributed by atoms with E-state index in [0.717, 1.165) is 61.1 Å². The molecule has 6 atom stereocenters. The zero-order chi connectivity index (χ0) is 35.6.